The predicted molar refractivity (Wildman–Crippen MR) is 99.2 cm³/mol. The summed E-state index contributed by atoms with van der Waals surface area (Å²) in [5.74, 6) is -0.178. The molecule has 1 fully saturated rings. The number of fused-ring (bicyclic) bond motifs is 1. The van der Waals surface area contributed by atoms with Crippen molar-refractivity contribution in [3.8, 4) is 0 Å². The minimum Gasteiger partial charge on any atom is -0.365 e. The van der Waals surface area contributed by atoms with Crippen LogP contribution in [-0.2, 0) is 4.79 Å². The first-order valence-electron chi connectivity index (χ1n) is 8.68. The highest BCUT2D eigenvalue weighted by Crippen LogP contribution is 2.40. The smallest absolute Gasteiger partial charge is 0.258 e. The molecule has 5 nitrogen and oxygen atoms in total. The molecule has 128 valence electrons. The molecule has 1 saturated carbocycles. The summed E-state index contributed by atoms with van der Waals surface area (Å²) in [6.07, 6.45) is 2.47. The Morgan fingerprint density at radius 1 is 1.00 bits per heavy atom. The molecule has 0 radical (unpaired) electrons. The molecule has 4 rings (SSSR count). The van der Waals surface area contributed by atoms with E-state index in [-0.39, 0.29) is 11.8 Å². The van der Waals surface area contributed by atoms with Crippen molar-refractivity contribution >= 4 is 28.9 Å². The van der Waals surface area contributed by atoms with Gasteiger partial charge in [0.2, 0.25) is 5.91 Å². The second-order valence-electron chi connectivity index (χ2n) is 6.63. The van der Waals surface area contributed by atoms with Gasteiger partial charge in [0.25, 0.3) is 5.91 Å². The van der Waals surface area contributed by atoms with Gasteiger partial charge in [-0.1, -0.05) is 18.2 Å². The van der Waals surface area contributed by atoms with Gasteiger partial charge in [-0.15, -0.1) is 0 Å². The molecule has 1 N–H and O–H groups in total. The van der Waals surface area contributed by atoms with Crippen molar-refractivity contribution in [1.29, 1.82) is 0 Å². The van der Waals surface area contributed by atoms with Gasteiger partial charge in [-0.05, 0) is 43.2 Å². The Bertz CT molecular complexity index is 829. The van der Waals surface area contributed by atoms with Gasteiger partial charge in [0, 0.05) is 37.3 Å². The van der Waals surface area contributed by atoms with Gasteiger partial charge >= 0.3 is 0 Å². The lowest BCUT2D eigenvalue weighted by atomic mass is 10.1. The van der Waals surface area contributed by atoms with Crippen molar-refractivity contribution in [2.45, 2.75) is 25.8 Å². The maximum Gasteiger partial charge on any atom is 0.258 e. The largest absolute Gasteiger partial charge is 0.365 e. The van der Waals surface area contributed by atoms with Crippen LogP contribution in [0.1, 0.15) is 30.1 Å². The lowest BCUT2D eigenvalue weighted by Crippen LogP contribution is -2.45. The molecule has 0 spiro atoms. The molecule has 0 atom stereocenters. The molecule has 0 unspecified atom stereocenters. The Morgan fingerprint density at radius 3 is 2.48 bits per heavy atom. The third-order valence-corrected chi connectivity index (χ3v) is 4.71. The molecular weight excluding hydrogens is 314 g/mol. The molecule has 2 amide bonds. The van der Waals surface area contributed by atoms with Crippen molar-refractivity contribution in [1.82, 2.24) is 0 Å². The number of para-hydroxylation sites is 2. The van der Waals surface area contributed by atoms with Gasteiger partial charge in [0.1, 0.15) is 0 Å². The predicted octanol–water partition coefficient (Wildman–Crippen LogP) is 3.27. The molecule has 0 bridgehead atoms. The van der Waals surface area contributed by atoms with Gasteiger partial charge < -0.3 is 15.1 Å². The molecule has 2 aliphatic rings. The van der Waals surface area contributed by atoms with E-state index in [1.165, 1.54) is 19.8 Å². The summed E-state index contributed by atoms with van der Waals surface area (Å²) in [6.45, 7) is 3.00. The zero-order valence-electron chi connectivity index (χ0n) is 14.2. The van der Waals surface area contributed by atoms with Gasteiger partial charge in [-0.2, -0.15) is 0 Å². The number of benzene rings is 2. The van der Waals surface area contributed by atoms with E-state index in [4.69, 9.17) is 0 Å². The van der Waals surface area contributed by atoms with Crippen LogP contribution in [0.5, 0.6) is 0 Å². The van der Waals surface area contributed by atoms with Crippen molar-refractivity contribution in [3.63, 3.8) is 0 Å². The first kappa shape index (κ1) is 15.7. The number of rotatable bonds is 3. The molecule has 5 heteroatoms. The number of hydrogen-bond acceptors (Lipinski definition) is 3. The average molecular weight is 335 g/mol. The number of hydrogen-bond donors (Lipinski definition) is 1. The van der Waals surface area contributed by atoms with E-state index in [1.54, 1.807) is 24.3 Å². The SMILES string of the molecule is CC(=O)Nc1cccc(C(=O)N2CCN(C3CC3)c3ccccc32)c1. The number of nitrogens with zero attached hydrogens (tertiary/aromatic N) is 2. The first-order chi connectivity index (χ1) is 12.1. The number of anilines is 3. The fourth-order valence-electron chi connectivity index (χ4n) is 3.45. The van der Waals surface area contributed by atoms with Crippen LogP contribution in [0, 0.1) is 0 Å². The normalized spacial score (nSPS) is 16.4. The summed E-state index contributed by atoms with van der Waals surface area (Å²) in [5.41, 5.74) is 3.34. The van der Waals surface area contributed by atoms with Crippen LogP contribution in [0.25, 0.3) is 0 Å². The van der Waals surface area contributed by atoms with Crippen molar-refractivity contribution in [2.75, 3.05) is 28.2 Å². The van der Waals surface area contributed by atoms with Crippen LogP contribution < -0.4 is 15.1 Å². The zero-order valence-corrected chi connectivity index (χ0v) is 14.2. The highest BCUT2D eigenvalue weighted by atomic mass is 16.2. The summed E-state index contributed by atoms with van der Waals surface area (Å²) >= 11 is 0. The molecular formula is C20H21N3O2. The number of carbonyl (C=O) groups is 2. The van der Waals surface area contributed by atoms with E-state index in [0.29, 0.717) is 23.8 Å². The highest BCUT2D eigenvalue weighted by Gasteiger charge is 2.35. The van der Waals surface area contributed by atoms with Gasteiger partial charge in [0.05, 0.1) is 11.4 Å². The van der Waals surface area contributed by atoms with E-state index in [9.17, 15) is 9.59 Å². The van der Waals surface area contributed by atoms with Crippen LogP contribution >= 0.6 is 0 Å². The van der Waals surface area contributed by atoms with Crippen molar-refractivity contribution < 1.29 is 9.59 Å². The van der Waals surface area contributed by atoms with E-state index in [1.807, 2.05) is 23.1 Å². The summed E-state index contributed by atoms with van der Waals surface area (Å²) in [7, 11) is 0. The Hall–Kier alpha value is -2.82. The van der Waals surface area contributed by atoms with Crippen molar-refractivity contribution in [2.24, 2.45) is 0 Å². The highest BCUT2D eigenvalue weighted by molar-refractivity contribution is 6.09. The van der Waals surface area contributed by atoms with Crippen LogP contribution in [0.2, 0.25) is 0 Å². The molecule has 1 aliphatic heterocycles. The maximum atomic E-state index is 13.1. The Morgan fingerprint density at radius 2 is 1.76 bits per heavy atom. The first-order valence-corrected chi connectivity index (χ1v) is 8.68. The van der Waals surface area contributed by atoms with E-state index in [2.05, 4.69) is 16.3 Å². The molecule has 1 aliphatic carbocycles. The quantitative estimate of drug-likeness (QED) is 0.936. The van der Waals surface area contributed by atoms with Crippen molar-refractivity contribution in [3.05, 3.63) is 54.1 Å². The topological polar surface area (TPSA) is 52.7 Å². The third-order valence-electron chi connectivity index (χ3n) is 4.71. The van der Waals surface area contributed by atoms with Gasteiger partial charge in [-0.25, -0.2) is 0 Å². The Balaban J connectivity index is 1.64. The Labute approximate surface area is 147 Å². The average Bonchev–Trinajstić information content (AvgIpc) is 3.45. The molecule has 2 aromatic rings. The number of carbonyl (C=O) groups excluding carboxylic acids is 2. The summed E-state index contributed by atoms with van der Waals surface area (Å²) < 4.78 is 0. The molecule has 25 heavy (non-hydrogen) atoms. The fourth-order valence-corrected chi connectivity index (χ4v) is 3.45. The second kappa shape index (κ2) is 6.24. The van der Waals surface area contributed by atoms with Gasteiger partial charge in [0.15, 0.2) is 0 Å². The third kappa shape index (κ3) is 3.09. The second-order valence-corrected chi connectivity index (χ2v) is 6.63. The number of amides is 2. The summed E-state index contributed by atoms with van der Waals surface area (Å²) in [6, 6.07) is 15.9. The van der Waals surface area contributed by atoms with E-state index < -0.39 is 0 Å². The lowest BCUT2D eigenvalue weighted by molar-refractivity contribution is -0.114. The molecule has 2 aromatic carbocycles. The van der Waals surface area contributed by atoms with Crippen LogP contribution in [0.3, 0.4) is 0 Å². The van der Waals surface area contributed by atoms with Crippen LogP contribution in [0.4, 0.5) is 17.1 Å². The zero-order chi connectivity index (χ0) is 17.4. The van der Waals surface area contributed by atoms with Crippen LogP contribution in [-0.4, -0.2) is 30.9 Å². The molecule has 0 aromatic heterocycles. The molecule has 1 heterocycles. The lowest BCUT2D eigenvalue weighted by Gasteiger charge is -2.38. The standard InChI is InChI=1S/C20H21N3O2/c1-14(24)21-16-6-4-5-15(13-16)20(25)23-12-11-22(17-9-10-17)18-7-2-3-8-19(18)23/h2-8,13,17H,9-12H2,1H3,(H,21,24). The minimum absolute atomic E-state index is 0.0323. The van der Waals surface area contributed by atoms with E-state index >= 15 is 0 Å². The number of nitrogens with one attached hydrogen (secondary N) is 1. The Kier molecular flexibility index (Phi) is 3.92. The minimum atomic E-state index is -0.145. The summed E-state index contributed by atoms with van der Waals surface area (Å²) in [5, 5.41) is 2.73. The van der Waals surface area contributed by atoms with E-state index in [0.717, 1.165) is 17.9 Å². The maximum absolute atomic E-state index is 13.1. The van der Waals surface area contributed by atoms with Gasteiger partial charge in [-0.3, -0.25) is 9.59 Å². The monoisotopic (exact) mass is 335 g/mol. The summed E-state index contributed by atoms with van der Waals surface area (Å²) in [4.78, 5) is 28.6. The fraction of sp³-hybridized carbons (Fsp3) is 0.300. The van der Waals surface area contributed by atoms with Crippen LogP contribution in [0.15, 0.2) is 48.5 Å². The molecule has 0 saturated heterocycles.